The summed E-state index contributed by atoms with van der Waals surface area (Å²) in [7, 11) is 0. The van der Waals surface area contributed by atoms with Crippen molar-refractivity contribution in [2.75, 3.05) is 5.32 Å². The molecular formula is C18H23IN4. The third-order valence-corrected chi connectivity index (χ3v) is 3.94. The molecule has 0 atom stereocenters. The number of nitrogens with zero attached hydrogens (tertiary/aromatic N) is 2. The van der Waals surface area contributed by atoms with Gasteiger partial charge in [0.2, 0.25) is 0 Å². The zero-order chi connectivity index (χ0) is 15.4. The maximum atomic E-state index is 5.95. The van der Waals surface area contributed by atoms with Crippen LogP contribution in [0.25, 0.3) is 0 Å². The Hall–Kier alpha value is -1.63. The minimum Gasteiger partial charge on any atom is -0.370 e. The molecule has 23 heavy (non-hydrogen) atoms. The Bertz CT molecular complexity index is 697. The minimum absolute atomic E-state index is 0. The lowest BCUT2D eigenvalue weighted by atomic mass is 9.96. The highest BCUT2D eigenvalue weighted by Crippen LogP contribution is 2.19. The molecule has 0 bridgehead atoms. The van der Waals surface area contributed by atoms with E-state index in [0.29, 0.717) is 12.5 Å². The van der Waals surface area contributed by atoms with Crippen molar-refractivity contribution in [3.63, 3.8) is 0 Å². The van der Waals surface area contributed by atoms with Crippen molar-refractivity contribution in [3.05, 3.63) is 58.9 Å². The molecule has 0 saturated heterocycles. The number of anilines is 1. The molecule has 5 heteroatoms. The number of aliphatic imine (C=N–C) groups is 1. The van der Waals surface area contributed by atoms with Crippen LogP contribution in [0, 0.1) is 6.92 Å². The molecule has 0 saturated carbocycles. The quantitative estimate of drug-likeness (QED) is 0.449. The number of aromatic nitrogens is 1. The van der Waals surface area contributed by atoms with E-state index >= 15 is 0 Å². The van der Waals surface area contributed by atoms with Gasteiger partial charge in [-0.25, -0.2) is 4.99 Å². The Labute approximate surface area is 154 Å². The maximum Gasteiger partial charge on any atom is 0.193 e. The molecule has 0 spiro atoms. The van der Waals surface area contributed by atoms with E-state index in [-0.39, 0.29) is 24.0 Å². The van der Waals surface area contributed by atoms with Gasteiger partial charge in [-0.15, -0.1) is 24.0 Å². The fraction of sp³-hybridized carbons (Fsp3) is 0.333. The normalized spacial score (nSPS) is 13.9. The van der Waals surface area contributed by atoms with Crippen LogP contribution in [0.15, 0.2) is 41.4 Å². The number of aryl methyl sites for hydroxylation is 3. The van der Waals surface area contributed by atoms with Gasteiger partial charge < -0.3 is 11.1 Å². The van der Waals surface area contributed by atoms with Gasteiger partial charge in [0.1, 0.15) is 0 Å². The van der Waals surface area contributed by atoms with Crippen molar-refractivity contribution in [2.45, 2.75) is 39.2 Å². The Kier molecular flexibility index (Phi) is 6.38. The lowest BCUT2D eigenvalue weighted by Crippen LogP contribution is -2.22. The Balaban J connectivity index is 0.00000192. The molecular weight excluding hydrogens is 399 g/mol. The lowest BCUT2D eigenvalue weighted by Gasteiger charge is -2.15. The molecule has 3 rings (SSSR count). The van der Waals surface area contributed by atoms with Gasteiger partial charge >= 0.3 is 0 Å². The molecule has 0 aliphatic heterocycles. The molecule has 2 aromatic rings. The lowest BCUT2D eigenvalue weighted by molar-refractivity contribution is 0.663. The van der Waals surface area contributed by atoms with Crippen molar-refractivity contribution in [3.8, 4) is 0 Å². The molecule has 0 unspecified atom stereocenters. The molecule has 122 valence electrons. The molecule has 1 aromatic heterocycles. The first kappa shape index (κ1) is 17.7. The Morgan fingerprint density at radius 3 is 2.87 bits per heavy atom. The highest BCUT2D eigenvalue weighted by molar-refractivity contribution is 14.0. The molecule has 0 fully saturated rings. The average molecular weight is 422 g/mol. The summed E-state index contributed by atoms with van der Waals surface area (Å²) >= 11 is 0. The number of guanidine groups is 1. The highest BCUT2D eigenvalue weighted by Gasteiger charge is 2.10. The van der Waals surface area contributed by atoms with Crippen LogP contribution in [0.3, 0.4) is 0 Å². The SMILES string of the molecule is Cc1cccc(NC(N)=NCc2ccc3c(n2)CCCC3)c1.I. The van der Waals surface area contributed by atoms with Gasteiger partial charge in [0, 0.05) is 11.4 Å². The summed E-state index contributed by atoms with van der Waals surface area (Å²) in [6.07, 6.45) is 4.76. The first-order chi connectivity index (χ1) is 10.7. The van der Waals surface area contributed by atoms with Crippen LogP contribution in [0.2, 0.25) is 0 Å². The van der Waals surface area contributed by atoms with E-state index < -0.39 is 0 Å². The number of hydrogen-bond donors (Lipinski definition) is 2. The van der Waals surface area contributed by atoms with Gasteiger partial charge in [0.25, 0.3) is 0 Å². The van der Waals surface area contributed by atoms with Gasteiger partial charge in [0.15, 0.2) is 5.96 Å². The molecule has 0 radical (unpaired) electrons. The van der Waals surface area contributed by atoms with Gasteiger partial charge in [-0.2, -0.15) is 0 Å². The number of hydrogen-bond acceptors (Lipinski definition) is 2. The molecule has 3 N–H and O–H groups in total. The average Bonchev–Trinajstić information content (AvgIpc) is 2.53. The fourth-order valence-corrected chi connectivity index (χ4v) is 2.79. The first-order valence-electron chi connectivity index (χ1n) is 7.82. The van der Waals surface area contributed by atoms with Crippen molar-refractivity contribution in [2.24, 2.45) is 10.7 Å². The summed E-state index contributed by atoms with van der Waals surface area (Å²) in [5, 5.41) is 3.12. The Morgan fingerprint density at radius 2 is 2.04 bits per heavy atom. The standard InChI is InChI=1S/C18H22N4.HI/c1-13-5-4-7-15(11-13)22-18(19)20-12-16-10-9-14-6-2-3-8-17(14)21-16;/h4-5,7,9-11H,2-3,6,8,12H2,1H3,(H3,19,20,22);1H. The molecule has 1 aromatic carbocycles. The second-order valence-electron chi connectivity index (χ2n) is 5.81. The smallest absolute Gasteiger partial charge is 0.193 e. The van der Waals surface area contributed by atoms with E-state index in [0.717, 1.165) is 24.2 Å². The summed E-state index contributed by atoms with van der Waals surface area (Å²) in [6, 6.07) is 12.3. The largest absolute Gasteiger partial charge is 0.370 e. The summed E-state index contributed by atoms with van der Waals surface area (Å²) in [4.78, 5) is 9.11. The summed E-state index contributed by atoms with van der Waals surface area (Å²) in [5.74, 6) is 0.421. The second-order valence-corrected chi connectivity index (χ2v) is 5.81. The Morgan fingerprint density at radius 1 is 1.22 bits per heavy atom. The summed E-state index contributed by atoms with van der Waals surface area (Å²) in [6.45, 7) is 2.56. The number of halogens is 1. The van der Waals surface area contributed by atoms with Crippen LogP contribution >= 0.6 is 24.0 Å². The summed E-state index contributed by atoms with van der Waals surface area (Å²) < 4.78 is 0. The van der Waals surface area contributed by atoms with Crippen molar-refractivity contribution in [1.29, 1.82) is 0 Å². The topological polar surface area (TPSA) is 63.3 Å². The van der Waals surface area contributed by atoms with E-state index in [1.807, 2.05) is 18.2 Å². The van der Waals surface area contributed by atoms with Crippen molar-refractivity contribution in [1.82, 2.24) is 4.98 Å². The predicted molar refractivity (Wildman–Crippen MR) is 106 cm³/mol. The minimum atomic E-state index is 0. The summed E-state index contributed by atoms with van der Waals surface area (Å²) in [5.41, 5.74) is 11.7. The van der Waals surface area contributed by atoms with Crippen molar-refractivity contribution < 1.29 is 0 Å². The zero-order valence-corrected chi connectivity index (χ0v) is 15.7. The van der Waals surface area contributed by atoms with Crippen LogP contribution in [0.1, 0.15) is 35.4 Å². The first-order valence-corrected chi connectivity index (χ1v) is 7.82. The highest BCUT2D eigenvalue weighted by atomic mass is 127. The fourth-order valence-electron chi connectivity index (χ4n) is 2.79. The zero-order valence-electron chi connectivity index (χ0n) is 13.4. The van der Waals surface area contributed by atoms with Crippen LogP contribution in [0.4, 0.5) is 5.69 Å². The van der Waals surface area contributed by atoms with E-state index in [2.05, 4.69) is 35.4 Å². The number of rotatable bonds is 3. The van der Waals surface area contributed by atoms with Crippen LogP contribution in [-0.2, 0) is 19.4 Å². The molecule has 4 nitrogen and oxygen atoms in total. The van der Waals surface area contributed by atoms with Crippen LogP contribution < -0.4 is 11.1 Å². The third-order valence-electron chi connectivity index (χ3n) is 3.94. The number of nitrogens with one attached hydrogen (secondary N) is 1. The monoisotopic (exact) mass is 422 g/mol. The van der Waals surface area contributed by atoms with Gasteiger partial charge in [-0.05, 0) is 61.9 Å². The number of nitrogens with two attached hydrogens (primary N) is 1. The van der Waals surface area contributed by atoms with E-state index in [1.54, 1.807) is 0 Å². The molecule has 1 aliphatic rings. The number of fused-ring (bicyclic) bond motifs is 1. The number of pyridine rings is 1. The maximum absolute atomic E-state index is 5.95. The van der Waals surface area contributed by atoms with Crippen molar-refractivity contribution >= 4 is 35.6 Å². The van der Waals surface area contributed by atoms with E-state index in [1.165, 1.54) is 29.7 Å². The van der Waals surface area contributed by atoms with Crippen LogP contribution in [0.5, 0.6) is 0 Å². The van der Waals surface area contributed by atoms with Crippen LogP contribution in [-0.4, -0.2) is 10.9 Å². The number of benzene rings is 1. The van der Waals surface area contributed by atoms with Gasteiger partial charge in [-0.3, -0.25) is 4.98 Å². The second kappa shape index (κ2) is 8.29. The molecule has 0 amide bonds. The van der Waals surface area contributed by atoms with Gasteiger partial charge in [0.05, 0.1) is 12.2 Å². The molecule has 1 heterocycles. The van der Waals surface area contributed by atoms with E-state index in [4.69, 9.17) is 10.7 Å². The third kappa shape index (κ3) is 4.92. The van der Waals surface area contributed by atoms with E-state index in [9.17, 15) is 0 Å². The van der Waals surface area contributed by atoms with Gasteiger partial charge in [-0.1, -0.05) is 18.2 Å². The predicted octanol–water partition coefficient (Wildman–Crippen LogP) is 3.81. The molecule has 1 aliphatic carbocycles.